The Morgan fingerprint density at radius 2 is 1.68 bits per heavy atom. The van der Waals surface area contributed by atoms with E-state index in [1.165, 1.54) is 12.1 Å². The highest BCUT2D eigenvalue weighted by Crippen LogP contribution is 2.35. The van der Waals surface area contributed by atoms with Crippen molar-refractivity contribution in [3.63, 3.8) is 0 Å². The molecule has 1 amide bonds. The fraction of sp³-hybridized carbons (Fsp3) is 0.0833. The number of anilines is 1. The predicted octanol–water partition coefficient (Wildman–Crippen LogP) is 4.37. The van der Waals surface area contributed by atoms with Crippen LogP contribution in [0.25, 0.3) is 11.4 Å². The van der Waals surface area contributed by atoms with E-state index in [0.29, 0.717) is 23.0 Å². The first-order valence-electron chi connectivity index (χ1n) is 10.3. The molecule has 0 aliphatic carbocycles. The molecule has 2 heterocycles. The molecule has 1 aromatic heterocycles. The van der Waals surface area contributed by atoms with E-state index in [4.69, 9.17) is 9.47 Å². The molecule has 1 aliphatic rings. The van der Waals surface area contributed by atoms with E-state index in [-0.39, 0.29) is 33.4 Å². The van der Waals surface area contributed by atoms with Gasteiger partial charge >= 0.3 is 0 Å². The van der Waals surface area contributed by atoms with Crippen molar-refractivity contribution < 1.29 is 22.7 Å². The van der Waals surface area contributed by atoms with Crippen molar-refractivity contribution in [2.24, 2.45) is 0 Å². The van der Waals surface area contributed by atoms with E-state index in [1.54, 1.807) is 36.4 Å². The average molecular weight is 494 g/mol. The summed E-state index contributed by atoms with van der Waals surface area (Å²) in [5.74, 6) is 1.24. The van der Waals surface area contributed by atoms with E-state index in [0.717, 1.165) is 17.3 Å². The zero-order valence-corrected chi connectivity index (χ0v) is 19.4. The third-order valence-corrected chi connectivity index (χ3v) is 7.84. The largest absolute Gasteiger partial charge is 0.454 e. The second-order valence-corrected chi connectivity index (χ2v) is 10.2. The maximum Gasteiger partial charge on any atom is 0.234 e. The van der Waals surface area contributed by atoms with Gasteiger partial charge in [-0.3, -0.25) is 4.79 Å². The zero-order valence-electron chi connectivity index (χ0n) is 17.7. The summed E-state index contributed by atoms with van der Waals surface area (Å²) < 4.78 is 37.3. The molecular weight excluding hydrogens is 474 g/mol. The number of nitrogens with one attached hydrogen (secondary N) is 2. The molecule has 0 radical (unpaired) electrons. The van der Waals surface area contributed by atoms with Gasteiger partial charge in [0.25, 0.3) is 0 Å². The highest BCUT2D eigenvalue weighted by atomic mass is 32.2. The number of nitrogens with zero attached hydrogens (tertiary/aromatic N) is 1. The van der Waals surface area contributed by atoms with Crippen LogP contribution >= 0.6 is 11.8 Å². The SMILES string of the molecule is O=C(CSc1nc(-c2ccccc2)[nH]c1S(=O)(=O)c1ccccc1)Nc1ccc2c(c1)OCO2. The lowest BCUT2D eigenvalue weighted by molar-refractivity contribution is -0.113. The highest BCUT2D eigenvalue weighted by Gasteiger charge is 2.27. The van der Waals surface area contributed by atoms with Crippen molar-refractivity contribution in [3.8, 4) is 22.9 Å². The average Bonchev–Trinajstić information content (AvgIpc) is 3.51. The second-order valence-electron chi connectivity index (χ2n) is 7.31. The molecule has 5 rings (SSSR count). The van der Waals surface area contributed by atoms with E-state index < -0.39 is 9.84 Å². The number of amides is 1. The molecule has 1 aliphatic heterocycles. The number of hydrogen-bond acceptors (Lipinski definition) is 7. The van der Waals surface area contributed by atoms with Crippen LogP contribution in [0.2, 0.25) is 0 Å². The monoisotopic (exact) mass is 493 g/mol. The van der Waals surface area contributed by atoms with Crippen molar-refractivity contribution in [3.05, 3.63) is 78.9 Å². The Labute approximate surface area is 200 Å². The molecule has 172 valence electrons. The molecular formula is C24H19N3O5S2. The fourth-order valence-corrected chi connectivity index (χ4v) is 5.82. The number of thioether (sulfide) groups is 1. The Kier molecular flexibility index (Phi) is 5.99. The first-order valence-corrected chi connectivity index (χ1v) is 12.8. The standard InChI is InChI=1S/C24H19N3O5S2/c28-21(25-17-11-12-19-20(13-17)32-15-31-19)14-33-23-24(34(29,30)18-9-5-2-6-10-18)27-22(26-23)16-7-3-1-4-8-16/h1-13H,14-15H2,(H,25,28)(H,26,27). The minimum absolute atomic E-state index is 0.0369. The van der Waals surface area contributed by atoms with Crippen LogP contribution in [0.3, 0.4) is 0 Å². The summed E-state index contributed by atoms with van der Waals surface area (Å²) in [5, 5.41) is 2.97. The Bertz CT molecular complexity index is 1440. The maximum atomic E-state index is 13.3. The molecule has 0 atom stereocenters. The van der Waals surface area contributed by atoms with Crippen molar-refractivity contribution in [2.45, 2.75) is 14.9 Å². The molecule has 10 heteroatoms. The van der Waals surface area contributed by atoms with Crippen LogP contribution in [0.5, 0.6) is 11.5 Å². The molecule has 3 aromatic carbocycles. The van der Waals surface area contributed by atoms with Crippen LogP contribution in [0.1, 0.15) is 0 Å². The Morgan fingerprint density at radius 1 is 0.971 bits per heavy atom. The van der Waals surface area contributed by atoms with Gasteiger partial charge in [0.1, 0.15) is 10.9 Å². The summed E-state index contributed by atoms with van der Waals surface area (Å²) in [5.41, 5.74) is 1.29. The number of benzene rings is 3. The lowest BCUT2D eigenvalue weighted by Crippen LogP contribution is -2.14. The van der Waals surface area contributed by atoms with Crippen LogP contribution in [0.15, 0.2) is 93.8 Å². The summed E-state index contributed by atoms with van der Waals surface area (Å²) in [6, 6.07) is 22.4. The van der Waals surface area contributed by atoms with Crippen molar-refractivity contribution in [1.82, 2.24) is 9.97 Å². The van der Waals surface area contributed by atoms with Crippen LogP contribution in [0, 0.1) is 0 Å². The molecule has 2 N–H and O–H groups in total. The number of rotatable bonds is 7. The molecule has 0 spiro atoms. The molecule has 8 nitrogen and oxygen atoms in total. The van der Waals surface area contributed by atoms with Gasteiger partial charge in [0.15, 0.2) is 16.5 Å². The fourth-order valence-electron chi connectivity index (χ4n) is 3.38. The molecule has 0 saturated heterocycles. The molecule has 0 saturated carbocycles. The quantitative estimate of drug-likeness (QED) is 0.368. The second kappa shape index (κ2) is 9.24. The Balaban J connectivity index is 1.40. The topological polar surface area (TPSA) is 110 Å². The number of carbonyl (C=O) groups is 1. The number of carbonyl (C=O) groups excluding carboxylic acids is 1. The van der Waals surface area contributed by atoms with Crippen molar-refractivity contribution >= 4 is 33.2 Å². The van der Waals surface area contributed by atoms with Gasteiger partial charge in [0, 0.05) is 17.3 Å². The Hall–Kier alpha value is -3.76. The molecule has 34 heavy (non-hydrogen) atoms. The number of ether oxygens (including phenoxy) is 2. The first-order chi connectivity index (χ1) is 16.5. The van der Waals surface area contributed by atoms with Gasteiger partial charge in [-0.25, -0.2) is 13.4 Å². The number of fused-ring (bicyclic) bond motifs is 1. The van der Waals surface area contributed by atoms with Gasteiger partial charge in [0.05, 0.1) is 10.6 Å². The van der Waals surface area contributed by atoms with Crippen molar-refractivity contribution in [1.29, 1.82) is 0 Å². The third-order valence-electron chi connectivity index (χ3n) is 5.01. The van der Waals surface area contributed by atoms with Crippen molar-refractivity contribution in [2.75, 3.05) is 17.9 Å². The van der Waals surface area contributed by atoms with E-state index in [2.05, 4.69) is 15.3 Å². The minimum Gasteiger partial charge on any atom is -0.454 e. The van der Waals surface area contributed by atoms with Crippen LogP contribution in [-0.2, 0) is 14.6 Å². The number of H-pyrrole nitrogens is 1. The number of sulfone groups is 1. The normalized spacial score (nSPS) is 12.5. The summed E-state index contributed by atoms with van der Waals surface area (Å²) in [7, 11) is -3.87. The number of imidazole rings is 1. The lowest BCUT2D eigenvalue weighted by Gasteiger charge is -2.07. The van der Waals surface area contributed by atoms with Crippen LogP contribution in [-0.4, -0.2) is 36.8 Å². The van der Waals surface area contributed by atoms with Gasteiger partial charge in [-0.1, -0.05) is 60.3 Å². The minimum atomic E-state index is -3.87. The summed E-state index contributed by atoms with van der Waals surface area (Å²) in [4.78, 5) is 20.2. The maximum absolute atomic E-state index is 13.3. The summed E-state index contributed by atoms with van der Waals surface area (Å²) in [6.45, 7) is 0.143. The number of aromatic nitrogens is 2. The smallest absolute Gasteiger partial charge is 0.234 e. The molecule has 4 aromatic rings. The van der Waals surface area contributed by atoms with E-state index in [1.807, 2.05) is 30.3 Å². The van der Waals surface area contributed by atoms with Gasteiger partial charge in [-0.05, 0) is 24.3 Å². The number of hydrogen-bond donors (Lipinski definition) is 2. The van der Waals surface area contributed by atoms with Crippen LogP contribution < -0.4 is 14.8 Å². The van der Waals surface area contributed by atoms with E-state index in [9.17, 15) is 13.2 Å². The summed E-state index contributed by atoms with van der Waals surface area (Å²) in [6.07, 6.45) is 0. The molecule has 0 bridgehead atoms. The predicted molar refractivity (Wildman–Crippen MR) is 128 cm³/mol. The van der Waals surface area contributed by atoms with Gasteiger partial charge in [-0.2, -0.15) is 0 Å². The molecule has 0 fully saturated rings. The Morgan fingerprint density at radius 3 is 2.44 bits per heavy atom. The number of aromatic amines is 1. The van der Waals surface area contributed by atoms with Gasteiger partial charge in [-0.15, -0.1) is 0 Å². The third kappa shape index (κ3) is 4.50. The zero-order chi connectivity index (χ0) is 23.5. The van der Waals surface area contributed by atoms with Gasteiger partial charge in [0.2, 0.25) is 22.5 Å². The van der Waals surface area contributed by atoms with Gasteiger partial charge < -0.3 is 19.8 Å². The molecule has 0 unspecified atom stereocenters. The highest BCUT2D eigenvalue weighted by molar-refractivity contribution is 8.00. The first kappa shape index (κ1) is 22.1. The lowest BCUT2D eigenvalue weighted by atomic mass is 10.2. The van der Waals surface area contributed by atoms with E-state index >= 15 is 0 Å². The van der Waals surface area contributed by atoms with Crippen LogP contribution in [0.4, 0.5) is 5.69 Å². The summed E-state index contributed by atoms with van der Waals surface area (Å²) >= 11 is 1.05.